The fourth-order valence-corrected chi connectivity index (χ4v) is 1.89. The van der Waals surface area contributed by atoms with E-state index in [1.54, 1.807) is 18.2 Å². The number of nitroso groups, excluding NO2 is 1. The largest absolute Gasteiger partial charge is 0.370 e. The number of para-hydroxylation sites is 1. The molecule has 0 saturated heterocycles. The molecule has 108 valence electrons. The third-order valence-electron chi connectivity index (χ3n) is 2.92. The monoisotopic (exact) mass is 287 g/mol. The Kier molecular flexibility index (Phi) is 4.50. The van der Waals surface area contributed by atoms with Crippen molar-refractivity contribution in [2.45, 2.75) is 18.9 Å². The van der Waals surface area contributed by atoms with Crippen LogP contribution in [0.3, 0.4) is 0 Å². The van der Waals surface area contributed by atoms with Gasteiger partial charge in [-0.15, -0.1) is 4.91 Å². The quantitative estimate of drug-likeness (QED) is 0.762. The predicted octanol–water partition coefficient (Wildman–Crippen LogP) is 0.969. The molecule has 3 N–H and O–H groups in total. The normalized spacial score (nSPS) is 11.8. The van der Waals surface area contributed by atoms with E-state index >= 15 is 0 Å². The van der Waals surface area contributed by atoms with Crippen LogP contribution in [0.4, 0.5) is 5.82 Å². The third-order valence-corrected chi connectivity index (χ3v) is 2.92. The van der Waals surface area contributed by atoms with Gasteiger partial charge < -0.3 is 11.1 Å². The van der Waals surface area contributed by atoms with Gasteiger partial charge in [0.1, 0.15) is 18.2 Å². The van der Waals surface area contributed by atoms with Crippen LogP contribution >= 0.6 is 0 Å². The molecule has 1 aromatic heterocycles. The first-order chi connectivity index (χ1) is 10.1. The molecule has 1 aromatic carbocycles. The Labute approximate surface area is 119 Å². The number of nitrogens with two attached hydrogens (primary N) is 1. The van der Waals surface area contributed by atoms with Crippen molar-refractivity contribution in [3.63, 3.8) is 0 Å². The number of hydrogen-bond donors (Lipinski definition) is 2. The van der Waals surface area contributed by atoms with Crippen LogP contribution in [0.5, 0.6) is 0 Å². The predicted molar refractivity (Wildman–Crippen MR) is 76.2 cm³/mol. The van der Waals surface area contributed by atoms with E-state index < -0.39 is 17.9 Å². The Balaban J connectivity index is 2.27. The van der Waals surface area contributed by atoms with E-state index in [0.717, 1.165) is 0 Å². The summed E-state index contributed by atoms with van der Waals surface area (Å²) in [5, 5.41) is 5.92. The van der Waals surface area contributed by atoms with Gasteiger partial charge in [-0.05, 0) is 18.6 Å². The van der Waals surface area contributed by atoms with E-state index in [9.17, 15) is 14.5 Å². The molecule has 0 saturated carbocycles. The molecule has 1 heterocycles. The van der Waals surface area contributed by atoms with Gasteiger partial charge in [-0.3, -0.25) is 9.59 Å². The van der Waals surface area contributed by atoms with Crippen LogP contribution in [-0.2, 0) is 9.59 Å². The third kappa shape index (κ3) is 3.56. The molecule has 0 bridgehead atoms. The maximum atomic E-state index is 11.5. The Morgan fingerprint density at radius 1 is 1.29 bits per heavy atom. The van der Waals surface area contributed by atoms with Crippen LogP contribution in [0.15, 0.2) is 35.8 Å². The molecular formula is C13H13N5O3. The van der Waals surface area contributed by atoms with E-state index in [1.165, 1.54) is 6.33 Å². The van der Waals surface area contributed by atoms with Gasteiger partial charge in [0.2, 0.25) is 5.91 Å². The van der Waals surface area contributed by atoms with Crippen LogP contribution < -0.4 is 11.1 Å². The summed E-state index contributed by atoms with van der Waals surface area (Å²) in [5.74, 6) is -1.07. The molecule has 8 nitrogen and oxygen atoms in total. The maximum absolute atomic E-state index is 11.5. The Morgan fingerprint density at radius 3 is 2.76 bits per heavy atom. The van der Waals surface area contributed by atoms with Crippen molar-refractivity contribution in [2.75, 3.05) is 5.32 Å². The number of hydrogen-bond acceptors (Lipinski definition) is 6. The highest BCUT2D eigenvalue weighted by Crippen LogP contribution is 2.20. The minimum Gasteiger partial charge on any atom is -0.370 e. The van der Waals surface area contributed by atoms with E-state index in [2.05, 4.69) is 20.5 Å². The number of carbonyl (C=O) groups is 2. The number of aromatic nitrogens is 2. The van der Waals surface area contributed by atoms with Crippen molar-refractivity contribution in [1.82, 2.24) is 9.97 Å². The Morgan fingerprint density at radius 2 is 2.05 bits per heavy atom. The lowest BCUT2D eigenvalue weighted by molar-refractivity contribution is -0.119. The first-order valence-corrected chi connectivity index (χ1v) is 6.23. The van der Waals surface area contributed by atoms with Crippen LogP contribution in [0, 0.1) is 4.91 Å². The molecule has 8 heteroatoms. The first kappa shape index (κ1) is 14.5. The van der Waals surface area contributed by atoms with E-state index in [0.29, 0.717) is 16.7 Å². The number of amides is 2. The summed E-state index contributed by atoms with van der Waals surface area (Å²) in [6.07, 6.45) is 1.37. The summed E-state index contributed by atoms with van der Waals surface area (Å²) in [5.41, 5.74) is 5.74. The Hall–Kier alpha value is -2.90. The number of fused-ring (bicyclic) bond motifs is 1. The van der Waals surface area contributed by atoms with Crippen molar-refractivity contribution in [1.29, 1.82) is 0 Å². The van der Waals surface area contributed by atoms with Crippen LogP contribution in [-0.4, -0.2) is 27.8 Å². The molecule has 0 aliphatic rings. The van der Waals surface area contributed by atoms with E-state index in [4.69, 9.17) is 5.73 Å². The molecule has 1 unspecified atom stereocenters. The van der Waals surface area contributed by atoms with Gasteiger partial charge in [0, 0.05) is 17.0 Å². The first-order valence-electron chi connectivity index (χ1n) is 6.23. The number of nitrogens with zero attached hydrogens (tertiary/aromatic N) is 3. The fourth-order valence-electron chi connectivity index (χ4n) is 1.89. The van der Waals surface area contributed by atoms with Crippen molar-refractivity contribution < 1.29 is 9.59 Å². The van der Waals surface area contributed by atoms with E-state index in [-0.39, 0.29) is 12.8 Å². The van der Waals surface area contributed by atoms with Crippen molar-refractivity contribution in [3.05, 3.63) is 35.5 Å². The van der Waals surface area contributed by atoms with Gasteiger partial charge in [0.25, 0.3) is 0 Å². The molecule has 2 rings (SSSR count). The summed E-state index contributed by atoms with van der Waals surface area (Å²) in [7, 11) is 0. The minimum atomic E-state index is -0.951. The second kappa shape index (κ2) is 6.51. The number of anilines is 1. The van der Waals surface area contributed by atoms with Crippen molar-refractivity contribution >= 4 is 28.5 Å². The molecule has 0 radical (unpaired) electrons. The molecule has 2 amide bonds. The van der Waals surface area contributed by atoms with Gasteiger partial charge >= 0.3 is 5.91 Å². The minimum absolute atomic E-state index is 0.0397. The average molecular weight is 287 g/mol. The number of rotatable bonds is 6. The lowest BCUT2D eigenvalue weighted by Crippen LogP contribution is -2.30. The summed E-state index contributed by atoms with van der Waals surface area (Å²) in [6.45, 7) is 0. The number of carbonyl (C=O) groups excluding carboxylic acids is 2. The molecule has 0 fully saturated rings. The van der Waals surface area contributed by atoms with Gasteiger partial charge in [-0.25, -0.2) is 9.97 Å². The van der Waals surface area contributed by atoms with Crippen LogP contribution in [0.1, 0.15) is 12.8 Å². The van der Waals surface area contributed by atoms with Gasteiger partial charge in [-0.2, -0.15) is 0 Å². The zero-order valence-electron chi connectivity index (χ0n) is 11.0. The zero-order chi connectivity index (χ0) is 15.2. The molecule has 1 atom stereocenters. The molecule has 0 spiro atoms. The Bertz CT molecular complexity index is 683. The SMILES string of the molecule is NC(=O)CCC(Nc1ncnc2ccccc12)C(=O)N=O. The fraction of sp³-hybridized carbons (Fsp3) is 0.231. The van der Waals surface area contributed by atoms with Gasteiger partial charge in [0.15, 0.2) is 0 Å². The van der Waals surface area contributed by atoms with Gasteiger partial charge in [0.05, 0.1) is 5.52 Å². The lowest BCUT2D eigenvalue weighted by atomic mass is 10.1. The zero-order valence-corrected chi connectivity index (χ0v) is 11.0. The molecular weight excluding hydrogens is 274 g/mol. The van der Waals surface area contributed by atoms with Gasteiger partial charge in [-0.1, -0.05) is 12.1 Å². The smallest absolute Gasteiger partial charge is 0.308 e. The highest BCUT2D eigenvalue weighted by molar-refractivity contribution is 5.92. The van der Waals surface area contributed by atoms with Crippen molar-refractivity contribution in [3.8, 4) is 0 Å². The second-order valence-electron chi connectivity index (χ2n) is 4.37. The summed E-state index contributed by atoms with van der Waals surface area (Å²) in [6, 6.07) is 6.24. The molecule has 0 aliphatic carbocycles. The number of benzene rings is 1. The standard InChI is InChI=1S/C13H13N5O3/c14-11(19)6-5-10(13(20)18-21)17-12-8-3-1-2-4-9(8)15-7-16-12/h1-4,7,10H,5-6H2,(H2,14,19)(H,15,16,17). The molecule has 21 heavy (non-hydrogen) atoms. The summed E-state index contributed by atoms with van der Waals surface area (Å²) < 4.78 is 0. The van der Waals surface area contributed by atoms with Crippen LogP contribution in [0.25, 0.3) is 10.9 Å². The van der Waals surface area contributed by atoms with Crippen LogP contribution in [0.2, 0.25) is 0 Å². The number of nitrogens with one attached hydrogen (secondary N) is 1. The second-order valence-corrected chi connectivity index (χ2v) is 4.37. The highest BCUT2D eigenvalue weighted by atomic mass is 16.3. The molecule has 0 aliphatic heterocycles. The summed E-state index contributed by atoms with van der Waals surface area (Å²) >= 11 is 0. The molecule has 2 aromatic rings. The summed E-state index contributed by atoms with van der Waals surface area (Å²) in [4.78, 5) is 41.0. The maximum Gasteiger partial charge on any atom is 0.308 e. The lowest BCUT2D eigenvalue weighted by Gasteiger charge is -2.15. The average Bonchev–Trinajstić information content (AvgIpc) is 2.50. The van der Waals surface area contributed by atoms with Crippen molar-refractivity contribution in [2.24, 2.45) is 10.9 Å². The van der Waals surface area contributed by atoms with E-state index in [1.807, 2.05) is 6.07 Å². The topological polar surface area (TPSA) is 127 Å². The number of primary amides is 1. The highest BCUT2D eigenvalue weighted by Gasteiger charge is 2.21.